The smallest absolute Gasteiger partial charge is 0.155 e. The molecular weight excluding hydrogens is 350 g/mol. The first-order chi connectivity index (χ1) is 13.7. The zero-order valence-corrected chi connectivity index (χ0v) is 16.1. The summed E-state index contributed by atoms with van der Waals surface area (Å²) in [6.07, 6.45) is 5.89. The molecular formula is C21H23N7. The summed E-state index contributed by atoms with van der Waals surface area (Å²) in [5.74, 6) is 1.45. The van der Waals surface area contributed by atoms with E-state index in [0.717, 1.165) is 59.3 Å². The summed E-state index contributed by atoms with van der Waals surface area (Å²) in [6.45, 7) is 4.19. The van der Waals surface area contributed by atoms with E-state index in [-0.39, 0.29) is 0 Å². The third-order valence-electron chi connectivity index (χ3n) is 5.43. The highest BCUT2D eigenvalue weighted by atomic mass is 15.3. The minimum Gasteiger partial charge on any atom is -0.340 e. The molecule has 0 aliphatic carbocycles. The lowest BCUT2D eigenvalue weighted by Crippen LogP contribution is -2.31. The van der Waals surface area contributed by atoms with Gasteiger partial charge in [0.25, 0.3) is 0 Å². The molecule has 1 N–H and O–H groups in total. The Kier molecular flexibility index (Phi) is 4.16. The van der Waals surface area contributed by atoms with Gasteiger partial charge < -0.3 is 9.88 Å². The molecule has 0 amide bonds. The first kappa shape index (κ1) is 17.1. The van der Waals surface area contributed by atoms with E-state index < -0.39 is 0 Å². The van der Waals surface area contributed by atoms with Crippen molar-refractivity contribution in [3.05, 3.63) is 54.4 Å². The van der Waals surface area contributed by atoms with Gasteiger partial charge in [-0.25, -0.2) is 14.5 Å². The van der Waals surface area contributed by atoms with Gasteiger partial charge in [-0.05, 0) is 57.6 Å². The number of aromatic nitrogens is 6. The first-order valence-corrected chi connectivity index (χ1v) is 9.69. The van der Waals surface area contributed by atoms with Crippen LogP contribution >= 0.6 is 0 Å². The van der Waals surface area contributed by atoms with Crippen molar-refractivity contribution in [3.63, 3.8) is 0 Å². The fourth-order valence-electron chi connectivity index (χ4n) is 4.01. The molecule has 1 aliphatic heterocycles. The molecule has 142 valence electrons. The number of nitrogens with one attached hydrogen (secondary N) is 1. The van der Waals surface area contributed by atoms with E-state index >= 15 is 0 Å². The van der Waals surface area contributed by atoms with Gasteiger partial charge in [0.15, 0.2) is 5.65 Å². The molecule has 4 aromatic heterocycles. The number of nitrogens with zero attached hydrogens (tertiary/aromatic N) is 6. The highest BCUT2D eigenvalue weighted by molar-refractivity contribution is 5.77. The van der Waals surface area contributed by atoms with Crippen molar-refractivity contribution >= 4 is 5.65 Å². The SMILES string of the molecule is Cc1cccc(-c2[nH]c(C3CCCN(C)C3)nc2-c2ccc3ncnn3c2)n1. The lowest BCUT2D eigenvalue weighted by Gasteiger charge is -2.28. The maximum absolute atomic E-state index is 5.05. The molecule has 1 atom stereocenters. The second-order valence-electron chi connectivity index (χ2n) is 7.59. The molecule has 4 aromatic rings. The average molecular weight is 373 g/mol. The van der Waals surface area contributed by atoms with Gasteiger partial charge in [0.1, 0.15) is 12.2 Å². The Morgan fingerprint density at radius 2 is 2.07 bits per heavy atom. The fraction of sp³-hybridized carbons (Fsp3) is 0.333. The Morgan fingerprint density at radius 1 is 1.14 bits per heavy atom. The topological polar surface area (TPSA) is 75.0 Å². The molecule has 28 heavy (non-hydrogen) atoms. The normalized spacial score (nSPS) is 18.0. The second kappa shape index (κ2) is 6.83. The number of fused-ring (bicyclic) bond motifs is 1. The molecule has 1 aliphatic rings. The highest BCUT2D eigenvalue weighted by Crippen LogP contribution is 2.33. The predicted octanol–water partition coefficient (Wildman–Crippen LogP) is 3.30. The van der Waals surface area contributed by atoms with E-state index in [1.165, 1.54) is 6.42 Å². The molecule has 5 rings (SSSR count). The Balaban J connectivity index is 1.65. The van der Waals surface area contributed by atoms with Gasteiger partial charge in [-0.2, -0.15) is 5.10 Å². The van der Waals surface area contributed by atoms with Crippen molar-refractivity contribution in [2.24, 2.45) is 0 Å². The third kappa shape index (κ3) is 3.07. The lowest BCUT2D eigenvalue weighted by atomic mass is 9.98. The first-order valence-electron chi connectivity index (χ1n) is 9.69. The summed E-state index contributed by atoms with van der Waals surface area (Å²) >= 11 is 0. The van der Waals surface area contributed by atoms with Crippen LogP contribution in [0.1, 0.15) is 30.3 Å². The van der Waals surface area contributed by atoms with Crippen LogP contribution < -0.4 is 0 Å². The molecule has 0 aromatic carbocycles. The van der Waals surface area contributed by atoms with Crippen LogP contribution in [-0.2, 0) is 0 Å². The van der Waals surface area contributed by atoms with E-state index in [9.17, 15) is 0 Å². The second-order valence-corrected chi connectivity index (χ2v) is 7.59. The average Bonchev–Trinajstić information content (AvgIpc) is 3.34. The largest absolute Gasteiger partial charge is 0.340 e. The number of rotatable bonds is 3. The van der Waals surface area contributed by atoms with E-state index in [2.05, 4.69) is 33.1 Å². The quantitative estimate of drug-likeness (QED) is 0.596. The van der Waals surface area contributed by atoms with E-state index in [1.54, 1.807) is 10.8 Å². The van der Waals surface area contributed by atoms with Gasteiger partial charge >= 0.3 is 0 Å². The van der Waals surface area contributed by atoms with Crippen molar-refractivity contribution < 1.29 is 0 Å². The Bertz CT molecular complexity index is 1130. The number of aromatic amines is 1. The van der Waals surface area contributed by atoms with Crippen LogP contribution in [-0.4, -0.2) is 54.6 Å². The van der Waals surface area contributed by atoms with Gasteiger partial charge in [0, 0.05) is 29.9 Å². The number of likely N-dealkylation sites (N-methyl/N-ethyl adjacent to an activating group) is 1. The summed E-state index contributed by atoms with van der Waals surface area (Å²) in [5.41, 5.74) is 5.61. The van der Waals surface area contributed by atoms with Gasteiger partial charge in [0.05, 0.1) is 17.1 Å². The number of pyridine rings is 2. The van der Waals surface area contributed by atoms with Crippen LogP contribution in [0.25, 0.3) is 28.3 Å². The van der Waals surface area contributed by atoms with Crippen LogP contribution in [0, 0.1) is 6.92 Å². The maximum Gasteiger partial charge on any atom is 0.155 e. The van der Waals surface area contributed by atoms with Crippen molar-refractivity contribution in [1.82, 2.24) is 34.4 Å². The van der Waals surface area contributed by atoms with E-state index in [4.69, 9.17) is 9.97 Å². The van der Waals surface area contributed by atoms with Crippen molar-refractivity contribution in [3.8, 4) is 22.6 Å². The molecule has 7 nitrogen and oxygen atoms in total. The zero-order chi connectivity index (χ0) is 19.1. The minimum absolute atomic E-state index is 0.408. The highest BCUT2D eigenvalue weighted by Gasteiger charge is 2.25. The Morgan fingerprint density at radius 3 is 2.93 bits per heavy atom. The number of imidazole rings is 1. The predicted molar refractivity (Wildman–Crippen MR) is 108 cm³/mol. The molecule has 1 saturated heterocycles. The third-order valence-corrected chi connectivity index (χ3v) is 5.43. The molecule has 1 unspecified atom stereocenters. The monoisotopic (exact) mass is 373 g/mol. The molecule has 0 spiro atoms. The number of hydrogen-bond acceptors (Lipinski definition) is 5. The number of piperidine rings is 1. The molecule has 1 fully saturated rings. The molecule has 0 radical (unpaired) electrons. The number of likely N-dealkylation sites (tertiary alicyclic amines) is 1. The lowest BCUT2D eigenvalue weighted by molar-refractivity contribution is 0.246. The molecule has 0 bridgehead atoms. The Labute approximate surface area is 163 Å². The van der Waals surface area contributed by atoms with Crippen LogP contribution in [0.2, 0.25) is 0 Å². The van der Waals surface area contributed by atoms with Crippen LogP contribution in [0.3, 0.4) is 0 Å². The molecule has 7 heteroatoms. The van der Waals surface area contributed by atoms with Crippen LogP contribution in [0.5, 0.6) is 0 Å². The van der Waals surface area contributed by atoms with Crippen LogP contribution in [0.4, 0.5) is 0 Å². The summed E-state index contributed by atoms with van der Waals surface area (Å²) in [5, 5.41) is 4.27. The van der Waals surface area contributed by atoms with Crippen molar-refractivity contribution in [2.45, 2.75) is 25.7 Å². The summed E-state index contributed by atoms with van der Waals surface area (Å²) in [7, 11) is 2.18. The fourth-order valence-corrected chi connectivity index (χ4v) is 4.01. The van der Waals surface area contributed by atoms with Gasteiger partial charge in [-0.1, -0.05) is 6.07 Å². The van der Waals surface area contributed by atoms with Crippen molar-refractivity contribution in [1.29, 1.82) is 0 Å². The van der Waals surface area contributed by atoms with Crippen LogP contribution in [0.15, 0.2) is 42.9 Å². The number of H-pyrrole nitrogens is 1. The number of aryl methyl sites for hydroxylation is 1. The standard InChI is InChI=1S/C21H23N7/c1-14-5-3-7-17(24-14)20-19(15-8-9-18-22-13-23-28(18)12-15)25-21(26-20)16-6-4-10-27(2)11-16/h3,5,7-9,12-13,16H,4,6,10-11H2,1-2H3,(H,25,26). The van der Waals surface area contributed by atoms with Crippen molar-refractivity contribution in [2.75, 3.05) is 20.1 Å². The Hall–Kier alpha value is -3.06. The summed E-state index contributed by atoms with van der Waals surface area (Å²) < 4.78 is 1.78. The summed E-state index contributed by atoms with van der Waals surface area (Å²) in [6, 6.07) is 10.1. The van der Waals surface area contributed by atoms with Gasteiger partial charge in [-0.15, -0.1) is 0 Å². The zero-order valence-electron chi connectivity index (χ0n) is 16.1. The molecule has 0 saturated carbocycles. The van der Waals surface area contributed by atoms with Gasteiger partial charge in [0.2, 0.25) is 0 Å². The maximum atomic E-state index is 5.05. The number of hydrogen-bond donors (Lipinski definition) is 1. The minimum atomic E-state index is 0.408. The van der Waals surface area contributed by atoms with E-state index in [1.807, 2.05) is 37.4 Å². The van der Waals surface area contributed by atoms with E-state index in [0.29, 0.717) is 5.92 Å². The summed E-state index contributed by atoms with van der Waals surface area (Å²) in [4.78, 5) is 20.0. The van der Waals surface area contributed by atoms with Gasteiger partial charge in [-0.3, -0.25) is 4.98 Å². The molecule has 5 heterocycles.